The fourth-order valence-electron chi connectivity index (χ4n) is 1.69. The first-order valence-electron chi connectivity index (χ1n) is 5.62. The van der Waals surface area contributed by atoms with Crippen LogP contribution in [0.2, 0.25) is 0 Å². The minimum atomic E-state index is 0.0994. The first kappa shape index (κ1) is 12.9. The highest BCUT2D eigenvalue weighted by Crippen LogP contribution is 2.14. The molecule has 19 heavy (non-hydrogen) atoms. The molecule has 0 heterocycles. The van der Waals surface area contributed by atoms with Gasteiger partial charge in [-0.05, 0) is 10.8 Å². The maximum Gasteiger partial charge on any atom is 0.136 e. The van der Waals surface area contributed by atoms with Gasteiger partial charge in [0.1, 0.15) is 17.7 Å². The molecule has 0 aromatic heterocycles. The number of halogens is 1. The average molecular weight is 265 g/mol. The number of hydrogen-bond acceptors (Lipinski definition) is 2. The maximum atomic E-state index is 8.80. The van der Waals surface area contributed by atoms with E-state index in [0.29, 0.717) is 10.3 Å². The molecule has 0 atom stereocenters. The predicted octanol–water partition coefficient (Wildman–Crippen LogP) is 2.28. The maximum absolute atomic E-state index is 8.80. The Balaban J connectivity index is 2.60. The number of rotatable bonds is 1. The van der Waals surface area contributed by atoms with Crippen LogP contribution < -0.4 is 10.4 Å². The lowest BCUT2D eigenvalue weighted by Gasteiger charge is -1.98. The van der Waals surface area contributed by atoms with Crippen LogP contribution in [0, 0.1) is 22.7 Å². The van der Waals surface area contributed by atoms with Crippen molar-refractivity contribution in [2.45, 2.75) is 0 Å². The van der Waals surface area contributed by atoms with Gasteiger partial charge < -0.3 is 0 Å². The summed E-state index contributed by atoms with van der Waals surface area (Å²) in [6.07, 6.45) is 0. The highest BCUT2D eigenvalue weighted by Gasteiger charge is 1.98. The zero-order valence-electron chi connectivity index (χ0n) is 9.97. The van der Waals surface area contributed by atoms with E-state index in [0.717, 1.165) is 10.8 Å². The van der Waals surface area contributed by atoms with Crippen LogP contribution >= 0.6 is 11.6 Å². The van der Waals surface area contributed by atoms with E-state index in [1.54, 1.807) is 24.3 Å². The summed E-state index contributed by atoms with van der Waals surface area (Å²) in [5, 5.41) is 19.7. The van der Waals surface area contributed by atoms with Crippen LogP contribution in [0.15, 0.2) is 54.6 Å². The molecule has 0 spiro atoms. The van der Waals surface area contributed by atoms with Gasteiger partial charge in [0.15, 0.2) is 0 Å². The summed E-state index contributed by atoms with van der Waals surface area (Å²) in [5.41, 5.74) is 1.03. The predicted molar refractivity (Wildman–Crippen MR) is 75.1 cm³/mol. The number of nitriles is 2. The minimum Gasteiger partial charge on any atom is -0.192 e. The van der Waals surface area contributed by atoms with Crippen molar-refractivity contribution in [3.05, 3.63) is 70.6 Å². The summed E-state index contributed by atoms with van der Waals surface area (Å²) >= 11 is 6.31. The molecule has 0 aliphatic heterocycles. The van der Waals surface area contributed by atoms with Crippen molar-refractivity contribution in [2.24, 2.45) is 0 Å². The topological polar surface area (TPSA) is 47.6 Å². The monoisotopic (exact) mass is 264 g/mol. The molecule has 0 saturated heterocycles. The third-order valence-corrected chi connectivity index (χ3v) is 3.11. The Labute approximate surface area is 116 Å². The molecule has 2 aromatic rings. The third kappa shape index (κ3) is 2.83. The molecule has 0 aliphatic rings. The molecule has 0 fully saturated rings. The second kappa shape index (κ2) is 5.87. The highest BCUT2D eigenvalue weighted by atomic mass is 35.5. The second-order valence-electron chi connectivity index (χ2n) is 3.86. The number of hydrogen-bond donors (Lipinski definition) is 0. The van der Waals surface area contributed by atoms with Crippen LogP contribution in [0.4, 0.5) is 0 Å². The molecule has 0 saturated carbocycles. The summed E-state index contributed by atoms with van der Waals surface area (Å²) in [5.74, 6) is 0. The highest BCUT2D eigenvalue weighted by molar-refractivity contribution is 6.48. The van der Waals surface area contributed by atoms with E-state index >= 15 is 0 Å². The summed E-state index contributed by atoms with van der Waals surface area (Å²) in [6, 6.07) is 20.4. The molecule has 90 valence electrons. The van der Waals surface area contributed by atoms with Crippen molar-refractivity contribution in [1.29, 1.82) is 10.5 Å². The quantitative estimate of drug-likeness (QED) is 0.793. The van der Waals surface area contributed by atoms with Crippen molar-refractivity contribution >= 4 is 22.2 Å². The Hall–Kier alpha value is -2.55. The Morgan fingerprint density at radius 1 is 0.789 bits per heavy atom. The molecule has 2 rings (SSSR count). The lowest BCUT2D eigenvalue weighted by atomic mass is 10.1. The van der Waals surface area contributed by atoms with E-state index in [9.17, 15) is 0 Å². The lowest BCUT2D eigenvalue weighted by molar-refractivity contribution is 1.47. The van der Waals surface area contributed by atoms with Crippen molar-refractivity contribution in [1.82, 2.24) is 0 Å². The largest absolute Gasteiger partial charge is 0.192 e. The third-order valence-electron chi connectivity index (χ3n) is 2.68. The molecule has 0 N–H and O–H groups in total. The summed E-state index contributed by atoms with van der Waals surface area (Å²) in [6.45, 7) is 0. The first-order chi connectivity index (χ1) is 9.26. The van der Waals surface area contributed by atoms with Gasteiger partial charge in [-0.3, -0.25) is 0 Å². The smallest absolute Gasteiger partial charge is 0.136 e. The van der Waals surface area contributed by atoms with Gasteiger partial charge in [-0.25, -0.2) is 0 Å². The van der Waals surface area contributed by atoms with Gasteiger partial charge in [-0.1, -0.05) is 66.2 Å². The van der Waals surface area contributed by atoms with Gasteiger partial charge in [0.2, 0.25) is 0 Å². The lowest BCUT2D eigenvalue weighted by Crippen LogP contribution is -2.11. The van der Waals surface area contributed by atoms with E-state index < -0.39 is 0 Å². The number of benzene rings is 2. The van der Waals surface area contributed by atoms with Crippen LogP contribution in [-0.4, -0.2) is 0 Å². The molecular weight excluding hydrogens is 256 g/mol. The molecule has 0 radical (unpaired) electrons. The fraction of sp³-hybridized carbons (Fsp3) is 0. The molecule has 0 bridgehead atoms. The molecule has 0 unspecified atom stereocenters. The van der Waals surface area contributed by atoms with Crippen LogP contribution in [0.1, 0.15) is 5.56 Å². The van der Waals surface area contributed by atoms with Gasteiger partial charge in [-0.15, -0.1) is 0 Å². The summed E-state index contributed by atoms with van der Waals surface area (Å²) in [4.78, 5) is 0. The summed E-state index contributed by atoms with van der Waals surface area (Å²) < 4.78 is 0. The van der Waals surface area contributed by atoms with Gasteiger partial charge in [0.05, 0.1) is 5.03 Å². The van der Waals surface area contributed by atoms with Crippen molar-refractivity contribution < 1.29 is 0 Å². The van der Waals surface area contributed by atoms with E-state index in [2.05, 4.69) is 0 Å². The van der Waals surface area contributed by atoms with Crippen LogP contribution in [0.25, 0.3) is 10.6 Å². The Morgan fingerprint density at radius 3 is 1.84 bits per heavy atom. The Bertz CT molecular complexity index is 754. The zero-order chi connectivity index (χ0) is 13.7. The minimum absolute atomic E-state index is 0.0994. The van der Waals surface area contributed by atoms with Gasteiger partial charge >= 0.3 is 0 Å². The molecular formula is C16H9ClN2. The van der Waals surface area contributed by atoms with E-state index in [1.165, 1.54) is 0 Å². The van der Waals surface area contributed by atoms with E-state index in [4.69, 9.17) is 22.1 Å². The van der Waals surface area contributed by atoms with Crippen molar-refractivity contribution in [2.75, 3.05) is 0 Å². The first-order valence-corrected chi connectivity index (χ1v) is 6.00. The molecule has 0 aliphatic carbocycles. The standard InChI is InChI=1S/C16H9ClN2/c17-16(13-4-2-1-3-5-13)14-8-6-12(7-9-14)15(10-18)11-19/h1-9H. The molecule has 3 heteroatoms. The van der Waals surface area contributed by atoms with Gasteiger partial charge in [-0.2, -0.15) is 10.5 Å². The summed E-state index contributed by atoms with van der Waals surface area (Å²) in [7, 11) is 0. The fourth-order valence-corrected chi connectivity index (χ4v) is 1.94. The second-order valence-corrected chi connectivity index (χ2v) is 4.23. The molecule has 2 nitrogen and oxygen atoms in total. The van der Waals surface area contributed by atoms with Gasteiger partial charge in [0.25, 0.3) is 0 Å². The van der Waals surface area contributed by atoms with Crippen LogP contribution in [-0.2, 0) is 0 Å². The average Bonchev–Trinajstić information content (AvgIpc) is 2.49. The zero-order valence-corrected chi connectivity index (χ0v) is 10.7. The van der Waals surface area contributed by atoms with Crippen molar-refractivity contribution in [3.8, 4) is 12.1 Å². The molecule has 2 aromatic carbocycles. The number of nitrogens with zero attached hydrogens (tertiary/aromatic N) is 2. The Kier molecular flexibility index (Phi) is 3.98. The van der Waals surface area contributed by atoms with E-state index in [1.807, 2.05) is 42.5 Å². The van der Waals surface area contributed by atoms with Crippen LogP contribution in [0.3, 0.4) is 0 Å². The Morgan fingerprint density at radius 2 is 1.32 bits per heavy atom. The van der Waals surface area contributed by atoms with Crippen LogP contribution in [0.5, 0.6) is 0 Å². The van der Waals surface area contributed by atoms with E-state index in [-0.39, 0.29) is 5.57 Å². The van der Waals surface area contributed by atoms with Gasteiger partial charge in [0, 0.05) is 5.22 Å². The normalized spacial score (nSPS) is 9.21. The molecule has 0 amide bonds. The van der Waals surface area contributed by atoms with Crippen molar-refractivity contribution in [3.63, 3.8) is 0 Å². The SMILES string of the molecule is N#CC(C#N)=c1ccc(=C(Cl)c2ccccc2)cc1.